The number of hydrogen-bond acceptors (Lipinski definition) is 3. The van der Waals surface area contributed by atoms with Crippen LogP contribution in [-0.2, 0) is 0 Å². The van der Waals surface area contributed by atoms with Gasteiger partial charge in [0.15, 0.2) is 5.11 Å². The van der Waals surface area contributed by atoms with Crippen molar-refractivity contribution in [3.63, 3.8) is 0 Å². The Kier molecular flexibility index (Phi) is 5.15. The van der Waals surface area contributed by atoms with Gasteiger partial charge in [-0.05, 0) is 67.4 Å². The number of carbonyl (C=O) groups is 1. The first-order valence-corrected chi connectivity index (χ1v) is 8.33. The monoisotopic (exact) mass is 343 g/mol. The summed E-state index contributed by atoms with van der Waals surface area (Å²) in [6.07, 6.45) is 6.70. The van der Waals surface area contributed by atoms with Crippen LogP contribution in [0, 0.1) is 5.82 Å². The summed E-state index contributed by atoms with van der Waals surface area (Å²) in [5.74, 6) is -0.697. The number of amides is 1. The van der Waals surface area contributed by atoms with Crippen LogP contribution in [0.1, 0.15) is 41.2 Å². The number of nitrogens with zero attached hydrogens (tertiary/aromatic N) is 2. The number of nitrogens with one attached hydrogen (secondary N) is 1. The fourth-order valence-corrected chi connectivity index (χ4v) is 3.25. The smallest absolute Gasteiger partial charge is 0.257 e. The lowest BCUT2D eigenvalue weighted by Gasteiger charge is -2.37. The predicted molar refractivity (Wildman–Crippen MR) is 94.0 cm³/mol. The van der Waals surface area contributed by atoms with Crippen LogP contribution in [0.2, 0.25) is 0 Å². The molecule has 24 heavy (non-hydrogen) atoms. The zero-order chi connectivity index (χ0) is 16.9. The molecule has 1 aliphatic heterocycles. The third-order valence-corrected chi connectivity index (χ3v) is 4.50. The highest BCUT2D eigenvalue weighted by Gasteiger charge is 2.27. The number of aromatic nitrogens is 1. The molecular weight excluding hydrogens is 325 g/mol. The molecule has 2 heterocycles. The maximum Gasteiger partial charge on any atom is 0.257 e. The van der Waals surface area contributed by atoms with Crippen molar-refractivity contribution in [3.05, 3.63) is 65.7 Å². The van der Waals surface area contributed by atoms with E-state index in [-0.39, 0.29) is 17.8 Å². The third-order valence-electron chi connectivity index (χ3n) is 4.16. The van der Waals surface area contributed by atoms with E-state index >= 15 is 0 Å². The van der Waals surface area contributed by atoms with Gasteiger partial charge in [-0.25, -0.2) is 4.39 Å². The van der Waals surface area contributed by atoms with Gasteiger partial charge in [-0.3, -0.25) is 15.1 Å². The van der Waals surface area contributed by atoms with E-state index in [2.05, 4.69) is 10.3 Å². The second kappa shape index (κ2) is 7.49. The Morgan fingerprint density at radius 2 is 2.04 bits per heavy atom. The first-order chi connectivity index (χ1) is 11.6. The SMILES string of the molecule is O=C(NC(=S)N1CCCCC1c1cccnc1)c1ccc(F)cc1. The molecule has 1 N–H and O–H groups in total. The molecule has 4 nitrogen and oxygen atoms in total. The Labute approximate surface area is 145 Å². The highest BCUT2D eigenvalue weighted by Crippen LogP contribution is 2.30. The molecule has 0 saturated carbocycles. The highest BCUT2D eigenvalue weighted by atomic mass is 32.1. The number of benzene rings is 1. The number of hydrogen-bond donors (Lipinski definition) is 1. The fourth-order valence-electron chi connectivity index (χ4n) is 2.94. The Hall–Kier alpha value is -2.34. The molecule has 124 valence electrons. The zero-order valence-electron chi connectivity index (χ0n) is 13.1. The summed E-state index contributed by atoms with van der Waals surface area (Å²) in [4.78, 5) is 18.5. The molecule has 1 amide bonds. The first kappa shape index (κ1) is 16.5. The van der Waals surface area contributed by atoms with Gasteiger partial charge in [-0.15, -0.1) is 0 Å². The van der Waals surface area contributed by atoms with Gasteiger partial charge >= 0.3 is 0 Å². The molecule has 6 heteroatoms. The van der Waals surface area contributed by atoms with Gasteiger partial charge in [0.1, 0.15) is 5.82 Å². The number of rotatable bonds is 2. The average molecular weight is 343 g/mol. The van der Waals surface area contributed by atoms with Crippen LogP contribution < -0.4 is 5.32 Å². The van der Waals surface area contributed by atoms with Crippen molar-refractivity contribution in [2.24, 2.45) is 0 Å². The molecule has 1 aromatic carbocycles. The molecule has 0 aliphatic carbocycles. The Balaban J connectivity index is 1.72. The van der Waals surface area contributed by atoms with Crippen molar-refractivity contribution < 1.29 is 9.18 Å². The molecular formula is C18H18FN3OS. The molecule has 1 atom stereocenters. The van der Waals surface area contributed by atoms with E-state index in [4.69, 9.17) is 12.2 Å². The lowest BCUT2D eigenvalue weighted by atomic mass is 9.97. The maximum absolute atomic E-state index is 13.0. The van der Waals surface area contributed by atoms with Crippen LogP contribution in [0.3, 0.4) is 0 Å². The van der Waals surface area contributed by atoms with Crippen LogP contribution in [0.4, 0.5) is 4.39 Å². The van der Waals surface area contributed by atoms with Gasteiger partial charge in [0.2, 0.25) is 0 Å². The molecule has 0 radical (unpaired) electrons. The van der Waals surface area contributed by atoms with Gasteiger partial charge in [-0.2, -0.15) is 0 Å². The maximum atomic E-state index is 13.0. The van der Waals surface area contributed by atoms with Crippen LogP contribution in [0.25, 0.3) is 0 Å². The van der Waals surface area contributed by atoms with E-state index < -0.39 is 0 Å². The second-order valence-electron chi connectivity index (χ2n) is 5.76. The van der Waals surface area contributed by atoms with Gasteiger partial charge in [0.25, 0.3) is 5.91 Å². The Morgan fingerprint density at radius 1 is 1.25 bits per heavy atom. The quantitative estimate of drug-likeness (QED) is 0.848. The molecule has 1 saturated heterocycles. The van der Waals surface area contributed by atoms with Crippen molar-refractivity contribution in [2.75, 3.05) is 6.54 Å². The largest absolute Gasteiger partial charge is 0.342 e. The highest BCUT2D eigenvalue weighted by molar-refractivity contribution is 7.80. The van der Waals surface area contributed by atoms with Crippen molar-refractivity contribution >= 4 is 23.2 Å². The van der Waals surface area contributed by atoms with Crippen molar-refractivity contribution in [1.82, 2.24) is 15.2 Å². The topological polar surface area (TPSA) is 45.2 Å². The summed E-state index contributed by atoms with van der Waals surface area (Å²) in [6, 6.07) is 9.47. The summed E-state index contributed by atoms with van der Waals surface area (Å²) in [7, 11) is 0. The van der Waals surface area contributed by atoms with Gasteiger partial charge in [0.05, 0.1) is 6.04 Å². The van der Waals surface area contributed by atoms with E-state index in [9.17, 15) is 9.18 Å². The first-order valence-electron chi connectivity index (χ1n) is 7.92. The summed E-state index contributed by atoms with van der Waals surface area (Å²) in [6.45, 7) is 0.794. The standard InChI is InChI=1S/C18H18FN3OS/c19-15-8-6-13(7-9-15)17(23)21-18(24)22-11-2-1-5-16(22)14-4-3-10-20-12-14/h3-4,6-10,12,16H,1-2,5,11H2,(H,21,23,24). The molecule has 1 aromatic heterocycles. The van der Waals surface area contributed by atoms with Crippen LogP contribution >= 0.6 is 12.2 Å². The average Bonchev–Trinajstić information content (AvgIpc) is 2.63. The predicted octanol–water partition coefficient (Wildman–Crippen LogP) is 3.46. The molecule has 1 aliphatic rings. The summed E-state index contributed by atoms with van der Waals surface area (Å²) in [5.41, 5.74) is 1.48. The van der Waals surface area contributed by atoms with E-state index in [1.165, 1.54) is 24.3 Å². The minimum Gasteiger partial charge on any atom is -0.342 e. The van der Waals surface area contributed by atoms with Gasteiger partial charge < -0.3 is 4.90 Å². The molecule has 0 spiro atoms. The van der Waals surface area contributed by atoms with E-state index in [0.29, 0.717) is 10.7 Å². The molecule has 2 aromatic rings. The van der Waals surface area contributed by atoms with Crippen LogP contribution in [0.5, 0.6) is 0 Å². The van der Waals surface area contributed by atoms with Crippen LogP contribution in [0.15, 0.2) is 48.8 Å². The molecule has 3 rings (SSSR count). The second-order valence-corrected chi connectivity index (χ2v) is 6.14. The van der Waals surface area contributed by atoms with Crippen molar-refractivity contribution in [1.29, 1.82) is 0 Å². The Bertz CT molecular complexity index is 721. The van der Waals surface area contributed by atoms with E-state index in [0.717, 1.165) is 31.4 Å². The number of halogens is 1. The minimum atomic E-state index is -0.373. The summed E-state index contributed by atoms with van der Waals surface area (Å²) in [5, 5.41) is 3.16. The number of piperidine rings is 1. The third kappa shape index (κ3) is 3.76. The number of carbonyl (C=O) groups excluding carboxylic acids is 1. The lowest BCUT2D eigenvalue weighted by molar-refractivity contribution is 0.0969. The summed E-state index contributed by atoms with van der Waals surface area (Å²) < 4.78 is 13.0. The number of likely N-dealkylation sites (tertiary alicyclic amines) is 1. The number of pyridine rings is 1. The lowest BCUT2D eigenvalue weighted by Crippen LogP contribution is -2.46. The zero-order valence-corrected chi connectivity index (χ0v) is 13.9. The summed E-state index contributed by atoms with van der Waals surface area (Å²) >= 11 is 5.45. The number of thiocarbonyl (C=S) groups is 1. The Morgan fingerprint density at radius 3 is 2.75 bits per heavy atom. The van der Waals surface area contributed by atoms with Gasteiger partial charge in [-0.1, -0.05) is 6.07 Å². The van der Waals surface area contributed by atoms with E-state index in [1.54, 1.807) is 6.20 Å². The molecule has 1 unspecified atom stereocenters. The molecule has 1 fully saturated rings. The van der Waals surface area contributed by atoms with Crippen LogP contribution in [-0.4, -0.2) is 27.4 Å². The van der Waals surface area contributed by atoms with E-state index in [1.807, 2.05) is 23.2 Å². The van der Waals surface area contributed by atoms with Crippen molar-refractivity contribution in [3.8, 4) is 0 Å². The minimum absolute atomic E-state index is 0.119. The fraction of sp³-hybridized carbons (Fsp3) is 0.278. The molecule has 0 bridgehead atoms. The normalized spacial score (nSPS) is 17.4. The van der Waals surface area contributed by atoms with Crippen molar-refractivity contribution in [2.45, 2.75) is 25.3 Å². The van der Waals surface area contributed by atoms with Gasteiger partial charge in [0, 0.05) is 24.5 Å².